The first-order valence-electron chi connectivity index (χ1n) is 7.84. The summed E-state index contributed by atoms with van der Waals surface area (Å²) >= 11 is 6.63. The molecule has 0 spiro atoms. The van der Waals surface area contributed by atoms with Gasteiger partial charge in [0.25, 0.3) is 0 Å². The van der Waals surface area contributed by atoms with Crippen LogP contribution in [0.5, 0.6) is 0 Å². The van der Waals surface area contributed by atoms with Crippen LogP contribution in [0, 0.1) is 11.3 Å². The fourth-order valence-electron chi connectivity index (χ4n) is 2.59. The topological polar surface area (TPSA) is 29.1 Å². The van der Waals surface area contributed by atoms with E-state index in [-0.39, 0.29) is 16.7 Å². The average molecular weight is 308 g/mol. The number of amides is 1. The van der Waals surface area contributed by atoms with E-state index in [4.69, 9.17) is 11.6 Å². The molecule has 1 heterocycles. The monoisotopic (exact) mass is 307 g/mol. The van der Waals surface area contributed by atoms with Crippen LogP contribution < -0.4 is 5.32 Å². The van der Waals surface area contributed by atoms with Gasteiger partial charge in [-0.1, -0.05) is 39.8 Å². The van der Waals surface area contributed by atoms with Gasteiger partial charge in [0.1, 0.15) is 0 Å². The zero-order valence-electron chi connectivity index (χ0n) is 13.5. The van der Waals surface area contributed by atoms with Crippen molar-refractivity contribution in [1.29, 1.82) is 0 Å². The van der Waals surface area contributed by atoms with E-state index in [1.54, 1.807) is 0 Å². The molecule has 1 aromatic carbocycles. The molecule has 0 bridgehead atoms. The molecular formula is C18H26ClNO. The van der Waals surface area contributed by atoms with Gasteiger partial charge in [-0.2, -0.15) is 0 Å². The lowest BCUT2D eigenvalue weighted by Crippen LogP contribution is -2.18. The lowest BCUT2D eigenvalue weighted by atomic mass is 9.78. The highest BCUT2D eigenvalue weighted by molar-refractivity contribution is 6.20. The standard InChI is InChI=1S/C18H26ClNO/c1-12(18(2,3)4)10-15(19)13-8-9-16-14(11-13)6-5-7-17(21)20-16/h8-9,11-12,15H,5-7,10H2,1-4H3,(H,20,21). The summed E-state index contributed by atoms with van der Waals surface area (Å²) < 4.78 is 0. The van der Waals surface area contributed by atoms with Crippen molar-refractivity contribution in [2.45, 2.75) is 58.8 Å². The normalized spacial score (nSPS) is 18.4. The molecule has 2 unspecified atom stereocenters. The van der Waals surface area contributed by atoms with Gasteiger partial charge in [-0.3, -0.25) is 4.79 Å². The first-order chi connectivity index (χ1) is 9.77. The molecule has 0 fully saturated rings. The summed E-state index contributed by atoms with van der Waals surface area (Å²) in [5.74, 6) is 0.670. The van der Waals surface area contributed by atoms with E-state index in [2.05, 4.69) is 45.1 Å². The third-order valence-corrected chi connectivity index (χ3v) is 5.08. The Hall–Kier alpha value is -1.02. The van der Waals surface area contributed by atoms with Gasteiger partial charge in [0, 0.05) is 12.1 Å². The van der Waals surface area contributed by atoms with Gasteiger partial charge in [-0.25, -0.2) is 0 Å². The highest BCUT2D eigenvalue weighted by Crippen LogP contribution is 2.37. The van der Waals surface area contributed by atoms with Gasteiger partial charge >= 0.3 is 0 Å². The first-order valence-corrected chi connectivity index (χ1v) is 8.28. The fourth-order valence-corrected chi connectivity index (χ4v) is 2.99. The number of carbonyl (C=O) groups excluding carboxylic acids is 1. The second-order valence-electron chi connectivity index (χ2n) is 7.29. The summed E-state index contributed by atoms with van der Waals surface area (Å²) in [6, 6.07) is 6.23. The molecule has 0 saturated heterocycles. The number of aryl methyl sites for hydroxylation is 1. The molecule has 0 radical (unpaired) electrons. The van der Waals surface area contributed by atoms with Gasteiger partial charge in [0.15, 0.2) is 0 Å². The summed E-state index contributed by atoms with van der Waals surface area (Å²) in [6.07, 6.45) is 3.43. The van der Waals surface area contributed by atoms with Crippen LogP contribution >= 0.6 is 11.6 Å². The molecule has 1 aliphatic rings. The van der Waals surface area contributed by atoms with Crippen molar-refractivity contribution < 1.29 is 4.79 Å². The Labute approximate surface area is 133 Å². The Balaban J connectivity index is 2.14. The molecule has 2 atom stereocenters. The Morgan fingerprint density at radius 2 is 2.00 bits per heavy atom. The molecule has 1 N–H and O–H groups in total. The van der Waals surface area contributed by atoms with Crippen LogP contribution in [-0.2, 0) is 11.2 Å². The quantitative estimate of drug-likeness (QED) is 0.753. The number of alkyl halides is 1. The highest BCUT2D eigenvalue weighted by Gasteiger charge is 2.24. The fraction of sp³-hybridized carbons (Fsp3) is 0.611. The van der Waals surface area contributed by atoms with Crippen LogP contribution in [-0.4, -0.2) is 5.91 Å². The number of carbonyl (C=O) groups is 1. The second-order valence-corrected chi connectivity index (χ2v) is 7.82. The van der Waals surface area contributed by atoms with Crippen LogP contribution in [0.4, 0.5) is 5.69 Å². The van der Waals surface area contributed by atoms with E-state index in [0.717, 1.165) is 24.9 Å². The predicted molar refractivity (Wildman–Crippen MR) is 89.8 cm³/mol. The number of fused-ring (bicyclic) bond motifs is 1. The number of anilines is 1. The maximum atomic E-state index is 11.6. The summed E-state index contributed by atoms with van der Waals surface area (Å²) in [5, 5.41) is 3.00. The van der Waals surface area contributed by atoms with Gasteiger partial charge < -0.3 is 5.32 Å². The van der Waals surface area contributed by atoms with E-state index in [1.807, 2.05) is 6.07 Å². The Morgan fingerprint density at radius 3 is 2.67 bits per heavy atom. The number of benzene rings is 1. The predicted octanol–water partition coefficient (Wildman–Crippen LogP) is 5.31. The molecule has 21 heavy (non-hydrogen) atoms. The van der Waals surface area contributed by atoms with Crippen molar-refractivity contribution in [3.8, 4) is 0 Å². The van der Waals surface area contributed by atoms with Gasteiger partial charge in [-0.05, 0) is 47.8 Å². The molecule has 0 saturated carbocycles. The van der Waals surface area contributed by atoms with Gasteiger partial charge in [0.2, 0.25) is 5.91 Å². The molecule has 116 valence electrons. The van der Waals surface area contributed by atoms with Crippen LogP contribution in [0.25, 0.3) is 0 Å². The number of nitrogens with one attached hydrogen (secondary N) is 1. The molecule has 1 aliphatic heterocycles. The van der Waals surface area contributed by atoms with E-state index in [0.29, 0.717) is 12.3 Å². The van der Waals surface area contributed by atoms with E-state index < -0.39 is 0 Å². The van der Waals surface area contributed by atoms with Crippen molar-refractivity contribution in [1.82, 2.24) is 0 Å². The highest BCUT2D eigenvalue weighted by atomic mass is 35.5. The van der Waals surface area contributed by atoms with Gasteiger partial charge in [-0.15, -0.1) is 11.6 Å². The molecule has 2 nitrogen and oxygen atoms in total. The van der Waals surface area contributed by atoms with Crippen molar-refractivity contribution in [2.24, 2.45) is 11.3 Å². The third-order valence-electron chi connectivity index (χ3n) is 4.65. The zero-order chi connectivity index (χ0) is 15.6. The Morgan fingerprint density at radius 1 is 1.29 bits per heavy atom. The largest absolute Gasteiger partial charge is 0.326 e. The summed E-state index contributed by atoms with van der Waals surface area (Å²) in [4.78, 5) is 11.6. The molecule has 1 amide bonds. The average Bonchev–Trinajstić information content (AvgIpc) is 2.57. The summed E-state index contributed by atoms with van der Waals surface area (Å²) in [5.41, 5.74) is 3.61. The van der Waals surface area contributed by atoms with Crippen molar-refractivity contribution in [3.63, 3.8) is 0 Å². The Bertz CT molecular complexity index is 518. The van der Waals surface area contributed by atoms with E-state index in [9.17, 15) is 4.79 Å². The Kier molecular flexibility index (Phi) is 4.98. The molecule has 0 aromatic heterocycles. The van der Waals surface area contributed by atoms with Crippen LogP contribution in [0.15, 0.2) is 18.2 Å². The zero-order valence-corrected chi connectivity index (χ0v) is 14.3. The van der Waals surface area contributed by atoms with Crippen LogP contribution in [0.2, 0.25) is 0 Å². The van der Waals surface area contributed by atoms with Crippen LogP contribution in [0.1, 0.15) is 63.5 Å². The number of hydrogen-bond acceptors (Lipinski definition) is 1. The minimum atomic E-state index is 0.0310. The number of rotatable bonds is 3. The third kappa shape index (κ3) is 4.23. The maximum absolute atomic E-state index is 11.6. The molecular weight excluding hydrogens is 282 g/mol. The minimum absolute atomic E-state index is 0.0310. The lowest BCUT2D eigenvalue weighted by Gasteiger charge is -2.29. The van der Waals surface area contributed by atoms with E-state index >= 15 is 0 Å². The summed E-state index contributed by atoms with van der Waals surface area (Å²) in [6.45, 7) is 9.04. The smallest absolute Gasteiger partial charge is 0.224 e. The lowest BCUT2D eigenvalue weighted by molar-refractivity contribution is -0.116. The summed E-state index contributed by atoms with van der Waals surface area (Å²) in [7, 11) is 0. The SMILES string of the molecule is CC(CC(Cl)c1ccc2c(c1)CCCC(=O)N2)C(C)(C)C. The maximum Gasteiger partial charge on any atom is 0.224 e. The minimum Gasteiger partial charge on any atom is -0.326 e. The van der Waals surface area contributed by atoms with Crippen LogP contribution in [0.3, 0.4) is 0 Å². The van der Waals surface area contributed by atoms with Crippen molar-refractivity contribution in [3.05, 3.63) is 29.3 Å². The molecule has 1 aromatic rings. The number of halogens is 1. The van der Waals surface area contributed by atoms with Gasteiger partial charge in [0.05, 0.1) is 5.38 Å². The molecule has 2 rings (SSSR count). The van der Waals surface area contributed by atoms with Crippen molar-refractivity contribution >= 4 is 23.2 Å². The second kappa shape index (κ2) is 6.39. The number of hydrogen-bond donors (Lipinski definition) is 1. The molecule has 3 heteroatoms. The molecule has 0 aliphatic carbocycles. The van der Waals surface area contributed by atoms with E-state index in [1.165, 1.54) is 11.1 Å². The first kappa shape index (κ1) is 16.4. The van der Waals surface area contributed by atoms with Crippen molar-refractivity contribution in [2.75, 3.05) is 5.32 Å².